The fourth-order valence-electron chi connectivity index (χ4n) is 3.73. The Kier molecular flexibility index (Phi) is 5.69. The van der Waals surface area contributed by atoms with E-state index >= 15 is 0 Å². The molecule has 5 rings (SSSR count). The molecule has 2 aromatic heterocycles. The Hall–Kier alpha value is -4.29. The van der Waals surface area contributed by atoms with Crippen molar-refractivity contribution in [1.82, 2.24) is 14.3 Å². The zero-order valence-electron chi connectivity index (χ0n) is 18.7. The van der Waals surface area contributed by atoms with Crippen LogP contribution in [0.15, 0.2) is 99.5 Å². The van der Waals surface area contributed by atoms with E-state index in [4.69, 9.17) is 0 Å². The molecule has 0 radical (unpaired) electrons. The number of carbonyl (C=O) groups excluding carboxylic acids is 1. The summed E-state index contributed by atoms with van der Waals surface area (Å²) in [5.41, 5.74) is 0.461. The van der Waals surface area contributed by atoms with E-state index in [0.717, 1.165) is 3.97 Å². The highest BCUT2D eigenvalue weighted by Crippen LogP contribution is 2.31. The van der Waals surface area contributed by atoms with E-state index < -0.39 is 25.8 Å². The van der Waals surface area contributed by atoms with E-state index in [-0.39, 0.29) is 43.3 Å². The summed E-state index contributed by atoms with van der Waals surface area (Å²) in [5, 5.41) is 7.47. The maximum atomic E-state index is 13.4. The lowest BCUT2D eigenvalue weighted by atomic mass is 10.1. The standard InChI is InChI=1S/C24H18N4O6S2/c1-16-23(26-34-25-16)24(29)21-15-28(36(32,33)19-10-6-3-7-11-19)22-13-12-17(14-20(21)22)27-35(30,31)18-8-4-2-5-9-18/h2-15,27H,1H3. The van der Waals surface area contributed by atoms with Crippen LogP contribution in [0.25, 0.3) is 10.9 Å². The number of fused-ring (bicyclic) bond motifs is 1. The van der Waals surface area contributed by atoms with Crippen LogP contribution < -0.4 is 4.72 Å². The van der Waals surface area contributed by atoms with Crippen LogP contribution in [0.5, 0.6) is 0 Å². The molecule has 0 saturated carbocycles. The summed E-state index contributed by atoms with van der Waals surface area (Å²) in [4.78, 5) is 13.4. The van der Waals surface area contributed by atoms with Gasteiger partial charge < -0.3 is 0 Å². The number of nitrogens with zero attached hydrogens (tertiary/aromatic N) is 3. The Bertz CT molecular complexity index is 1810. The van der Waals surface area contributed by atoms with Crippen LogP contribution in [0.1, 0.15) is 21.7 Å². The summed E-state index contributed by atoms with van der Waals surface area (Å²) in [5.74, 6) is -0.621. The molecule has 0 atom stereocenters. The average molecular weight is 523 g/mol. The molecule has 0 unspecified atom stereocenters. The van der Waals surface area contributed by atoms with Crippen LogP contribution in [0.3, 0.4) is 0 Å². The molecule has 0 aliphatic carbocycles. The van der Waals surface area contributed by atoms with Gasteiger partial charge in [0.15, 0.2) is 5.69 Å². The van der Waals surface area contributed by atoms with Gasteiger partial charge in [0.25, 0.3) is 20.0 Å². The van der Waals surface area contributed by atoms with E-state index in [1.807, 2.05) is 0 Å². The third-order valence-corrected chi connectivity index (χ3v) is 8.57. The maximum Gasteiger partial charge on any atom is 0.268 e. The molecular formula is C24H18N4O6S2. The zero-order valence-corrected chi connectivity index (χ0v) is 20.3. The van der Waals surface area contributed by atoms with Crippen LogP contribution in [0.2, 0.25) is 0 Å². The molecule has 10 nitrogen and oxygen atoms in total. The van der Waals surface area contributed by atoms with Gasteiger partial charge in [-0.2, -0.15) is 0 Å². The third-order valence-electron chi connectivity index (χ3n) is 5.49. The Labute approximate surface area is 206 Å². The number of aryl methyl sites for hydroxylation is 1. The quantitative estimate of drug-likeness (QED) is 0.320. The van der Waals surface area contributed by atoms with Crippen molar-refractivity contribution < 1.29 is 26.3 Å². The van der Waals surface area contributed by atoms with Gasteiger partial charge in [-0.15, -0.1) is 0 Å². The number of ketones is 1. The maximum absolute atomic E-state index is 13.4. The lowest BCUT2D eigenvalue weighted by Gasteiger charge is -2.10. The predicted octanol–water partition coefficient (Wildman–Crippen LogP) is 3.60. The number of anilines is 1. The predicted molar refractivity (Wildman–Crippen MR) is 131 cm³/mol. The number of benzene rings is 3. The normalized spacial score (nSPS) is 12.0. The van der Waals surface area contributed by atoms with Gasteiger partial charge in [-0.1, -0.05) is 41.6 Å². The van der Waals surface area contributed by atoms with Gasteiger partial charge in [0.05, 0.1) is 20.9 Å². The summed E-state index contributed by atoms with van der Waals surface area (Å²) in [6, 6.07) is 19.8. The molecule has 182 valence electrons. The second kappa shape index (κ2) is 8.73. The molecule has 0 bridgehead atoms. The summed E-state index contributed by atoms with van der Waals surface area (Å²) in [7, 11) is -8.01. The van der Waals surface area contributed by atoms with Crippen molar-refractivity contribution in [3.8, 4) is 0 Å². The van der Waals surface area contributed by atoms with E-state index in [2.05, 4.69) is 19.7 Å². The first kappa shape index (κ1) is 23.5. The minimum atomic E-state index is -4.08. The second-order valence-electron chi connectivity index (χ2n) is 7.83. The van der Waals surface area contributed by atoms with Crippen molar-refractivity contribution in [3.05, 3.63) is 102 Å². The van der Waals surface area contributed by atoms with E-state index in [9.17, 15) is 21.6 Å². The summed E-state index contributed by atoms with van der Waals surface area (Å²) in [6.45, 7) is 1.53. The number of aromatic nitrogens is 3. The van der Waals surface area contributed by atoms with Crippen LogP contribution in [-0.4, -0.2) is 36.9 Å². The van der Waals surface area contributed by atoms with Gasteiger partial charge in [-0.25, -0.2) is 25.4 Å². The molecular weight excluding hydrogens is 504 g/mol. The smallest absolute Gasteiger partial charge is 0.268 e. The molecule has 0 aliphatic rings. The largest absolute Gasteiger partial charge is 0.287 e. The molecule has 5 aromatic rings. The van der Waals surface area contributed by atoms with Crippen molar-refractivity contribution in [1.29, 1.82) is 0 Å². The fraction of sp³-hybridized carbons (Fsp3) is 0.0417. The number of carbonyl (C=O) groups is 1. The van der Waals surface area contributed by atoms with Crippen molar-refractivity contribution >= 4 is 42.4 Å². The first-order valence-corrected chi connectivity index (χ1v) is 13.5. The highest BCUT2D eigenvalue weighted by Gasteiger charge is 2.27. The van der Waals surface area contributed by atoms with Gasteiger partial charge in [0.1, 0.15) is 5.69 Å². The molecule has 0 aliphatic heterocycles. The number of nitrogens with one attached hydrogen (secondary N) is 1. The van der Waals surface area contributed by atoms with Crippen molar-refractivity contribution in [2.24, 2.45) is 0 Å². The monoisotopic (exact) mass is 522 g/mol. The minimum absolute atomic E-state index is 0.0101. The number of hydrogen-bond acceptors (Lipinski definition) is 8. The highest BCUT2D eigenvalue weighted by atomic mass is 32.2. The zero-order chi connectivity index (χ0) is 25.5. The van der Waals surface area contributed by atoms with Crippen LogP contribution in [0, 0.1) is 6.92 Å². The third kappa shape index (κ3) is 4.06. The fourth-order valence-corrected chi connectivity index (χ4v) is 6.19. The molecule has 2 heterocycles. The summed E-state index contributed by atoms with van der Waals surface area (Å²) < 4.78 is 60.6. The molecule has 1 N–H and O–H groups in total. The average Bonchev–Trinajstić information content (AvgIpc) is 3.48. The van der Waals surface area contributed by atoms with Crippen LogP contribution >= 0.6 is 0 Å². The molecule has 0 amide bonds. The first-order chi connectivity index (χ1) is 17.2. The van der Waals surface area contributed by atoms with E-state index in [1.165, 1.54) is 55.6 Å². The van der Waals surface area contributed by atoms with Crippen molar-refractivity contribution in [2.45, 2.75) is 16.7 Å². The van der Waals surface area contributed by atoms with Crippen LogP contribution in [0.4, 0.5) is 5.69 Å². The Morgan fingerprint density at radius 1 is 0.861 bits per heavy atom. The van der Waals surface area contributed by atoms with E-state index in [1.54, 1.807) is 36.4 Å². The van der Waals surface area contributed by atoms with Gasteiger partial charge in [0.2, 0.25) is 5.78 Å². The second-order valence-corrected chi connectivity index (χ2v) is 11.3. The van der Waals surface area contributed by atoms with Gasteiger partial charge in [-0.05, 0) is 54.5 Å². The SMILES string of the molecule is Cc1nonc1C(=O)c1cn(S(=O)(=O)c2ccccc2)c2ccc(NS(=O)(=O)c3ccccc3)cc12. The number of rotatable bonds is 7. The van der Waals surface area contributed by atoms with Crippen LogP contribution in [-0.2, 0) is 20.0 Å². The topological polar surface area (TPSA) is 141 Å². The Morgan fingerprint density at radius 3 is 2.11 bits per heavy atom. The lowest BCUT2D eigenvalue weighted by Crippen LogP contribution is -2.13. The molecule has 36 heavy (non-hydrogen) atoms. The van der Waals surface area contributed by atoms with Gasteiger partial charge >= 0.3 is 0 Å². The van der Waals surface area contributed by atoms with Gasteiger partial charge in [-0.3, -0.25) is 9.52 Å². The van der Waals surface area contributed by atoms with Gasteiger partial charge in [0, 0.05) is 17.3 Å². The first-order valence-electron chi connectivity index (χ1n) is 10.6. The Morgan fingerprint density at radius 2 is 1.50 bits per heavy atom. The molecule has 12 heteroatoms. The van der Waals surface area contributed by atoms with E-state index in [0.29, 0.717) is 0 Å². The highest BCUT2D eigenvalue weighted by molar-refractivity contribution is 7.92. The summed E-state index contributed by atoms with van der Waals surface area (Å²) in [6.07, 6.45) is 1.19. The molecule has 3 aromatic carbocycles. The number of sulfonamides is 1. The number of hydrogen-bond donors (Lipinski definition) is 1. The van der Waals surface area contributed by atoms with Crippen molar-refractivity contribution in [3.63, 3.8) is 0 Å². The Balaban J connectivity index is 1.69. The molecule has 0 fully saturated rings. The summed E-state index contributed by atoms with van der Waals surface area (Å²) >= 11 is 0. The minimum Gasteiger partial charge on any atom is -0.287 e. The molecule has 0 spiro atoms. The molecule has 0 saturated heterocycles. The van der Waals surface area contributed by atoms with Crippen molar-refractivity contribution in [2.75, 3.05) is 4.72 Å². The lowest BCUT2D eigenvalue weighted by molar-refractivity contribution is 0.103.